The highest BCUT2D eigenvalue weighted by Gasteiger charge is 2.34. The molecule has 8 heteroatoms. The molecule has 0 amide bonds. The van der Waals surface area contributed by atoms with Crippen LogP contribution in [0.15, 0.2) is 11.2 Å². The zero-order valence-corrected chi connectivity index (χ0v) is 13.9. The Morgan fingerprint density at radius 3 is 2.76 bits per heavy atom. The Morgan fingerprint density at radius 1 is 1.33 bits per heavy atom. The van der Waals surface area contributed by atoms with E-state index >= 15 is 0 Å². The Balaban J connectivity index is 0.00000161. The van der Waals surface area contributed by atoms with Gasteiger partial charge >= 0.3 is 0 Å². The number of hydrogen-bond donors (Lipinski definition) is 1. The standard InChI is InChI=1S/C13H22N4O2S.ClH/c1-10-8-17(7-5-11(10)14)20(18,19)13-9-16-6-3-2-4-12(16)15-13;/h9-11H,2-8,14H2,1H3;1H. The summed E-state index contributed by atoms with van der Waals surface area (Å²) in [5.74, 6) is 1.09. The molecule has 1 aromatic rings. The number of aromatic nitrogens is 2. The van der Waals surface area contributed by atoms with Gasteiger partial charge in [0.2, 0.25) is 0 Å². The van der Waals surface area contributed by atoms with Gasteiger partial charge in [0.05, 0.1) is 0 Å². The minimum atomic E-state index is -3.47. The molecule has 2 aliphatic heterocycles. The van der Waals surface area contributed by atoms with E-state index < -0.39 is 10.0 Å². The number of sulfonamides is 1. The molecule has 0 spiro atoms. The van der Waals surface area contributed by atoms with E-state index in [2.05, 4.69) is 4.98 Å². The summed E-state index contributed by atoms with van der Waals surface area (Å²) in [6.45, 7) is 3.87. The molecule has 1 fully saturated rings. The van der Waals surface area contributed by atoms with Crippen molar-refractivity contribution in [2.24, 2.45) is 11.7 Å². The van der Waals surface area contributed by atoms with Crippen molar-refractivity contribution in [1.82, 2.24) is 13.9 Å². The minimum Gasteiger partial charge on any atom is -0.333 e. The van der Waals surface area contributed by atoms with Gasteiger partial charge in [-0.05, 0) is 25.2 Å². The molecule has 0 aliphatic carbocycles. The first-order valence-corrected chi connectivity index (χ1v) is 8.74. The number of fused-ring (bicyclic) bond motifs is 1. The second-order valence-electron chi connectivity index (χ2n) is 5.94. The molecule has 0 radical (unpaired) electrons. The highest BCUT2D eigenvalue weighted by Crippen LogP contribution is 2.24. The zero-order chi connectivity index (χ0) is 14.3. The van der Waals surface area contributed by atoms with Gasteiger partial charge in [-0.2, -0.15) is 4.31 Å². The van der Waals surface area contributed by atoms with Crippen LogP contribution in [0.25, 0.3) is 0 Å². The molecule has 0 bridgehead atoms. The number of aryl methyl sites for hydroxylation is 2. The maximum atomic E-state index is 12.7. The molecule has 2 unspecified atom stereocenters. The van der Waals surface area contributed by atoms with E-state index in [0.29, 0.717) is 19.5 Å². The molecule has 2 atom stereocenters. The summed E-state index contributed by atoms with van der Waals surface area (Å²) >= 11 is 0. The molecule has 3 rings (SSSR count). The molecule has 2 N–H and O–H groups in total. The lowest BCUT2D eigenvalue weighted by molar-refractivity contribution is 0.249. The molecule has 3 heterocycles. The fourth-order valence-corrected chi connectivity index (χ4v) is 4.51. The van der Waals surface area contributed by atoms with Crippen LogP contribution in [0.3, 0.4) is 0 Å². The Labute approximate surface area is 132 Å². The van der Waals surface area contributed by atoms with Gasteiger partial charge in [-0.3, -0.25) is 0 Å². The van der Waals surface area contributed by atoms with Crippen molar-refractivity contribution in [1.29, 1.82) is 0 Å². The number of piperidine rings is 1. The van der Waals surface area contributed by atoms with Crippen LogP contribution in [0.5, 0.6) is 0 Å². The molecule has 6 nitrogen and oxygen atoms in total. The maximum absolute atomic E-state index is 12.7. The average molecular weight is 335 g/mol. The number of imidazole rings is 1. The number of nitrogens with zero attached hydrogens (tertiary/aromatic N) is 3. The normalized spacial score (nSPS) is 27.0. The number of rotatable bonds is 2. The van der Waals surface area contributed by atoms with Crippen LogP contribution in [0, 0.1) is 5.92 Å². The maximum Gasteiger partial charge on any atom is 0.262 e. The van der Waals surface area contributed by atoms with E-state index in [1.807, 2.05) is 11.5 Å². The van der Waals surface area contributed by atoms with Gasteiger partial charge < -0.3 is 10.3 Å². The zero-order valence-electron chi connectivity index (χ0n) is 12.2. The second-order valence-corrected chi connectivity index (χ2v) is 7.82. The first-order valence-electron chi connectivity index (χ1n) is 7.30. The average Bonchev–Trinajstić information content (AvgIpc) is 2.86. The molecular weight excluding hydrogens is 312 g/mol. The van der Waals surface area contributed by atoms with E-state index in [-0.39, 0.29) is 29.4 Å². The van der Waals surface area contributed by atoms with Gasteiger partial charge in [0, 0.05) is 38.3 Å². The fraction of sp³-hybridized carbons (Fsp3) is 0.769. The van der Waals surface area contributed by atoms with Crippen molar-refractivity contribution < 1.29 is 8.42 Å². The number of halogens is 1. The lowest BCUT2D eigenvalue weighted by Crippen LogP contribution is -2.48. The van der Waals surface area contributed by atoms with Crippen LogP contribution in [-0.4, -0.2) is 41.4 Å². The Kier molecular flexibility index (Phi) is 4.97. The summed E-state index contributed by atoms with van der Waals surface area (Å²) in [4.78, 5) is 4.34. The van der Waals surface area contributed by atoms with Crippen molar-refractivity contribution in [3.05, 3.63) is 12.0 Å². The van der Waals surface area contributed by atoms with Crippen LogP contribution in [0.2, 0.25) is 0 Å². The van der Waals surface area contributed by atoms with E-state index in [0.717, 1.165) is 31.6 Å². The topological polar surface area (TPSA) is 81.2 Å². The largest absolute Gasteiger partial charge is 0.333 e. The third kappa shape index (κ3) is 3.11. The molecule has 21 heavy (non-hydrogen) atoms. The van der Waals surface area contributed by atoms with E-state index in [1.165, 1.54) is 4.31 Å². The van der Waals surface area contributed by atoms with Gasteiger partial charge in [0.15, 0.2) is 5.03 Å². The van der Waals surface area contributed by atoms with Crippen molar-refractivity contribution in [2.75, 3.05) is 13.1 Å². The van der Waals surface area contributed by atoms with Gasteiger partial charge in [0.25, 0.3) is 10.0 Å². The highest BCUT2D eigenvalue weighted by atomic mass is 35.5. The van der Waals surface area contributed by atoms with E-state index in [4.69, 9.17) is 5.73 Å². The first kappa shape index (κ1) is 16.7. The predicted octanol–water partition coefficient (Wildman–Crippen LogP) is 0.999. The Morgan fingerprint density at radius 2 is 2.10 bits per heavy atom. The van der Waals surface area contributed by atoms with E-state index in [1.54, 1.807) is 6.20 Å². The van der Waals surface area contributed by atoms with Gasteiger partial charge in [0.1, 0.15) is 5.82 Å². The second kappa shape index (κ2) is 6.24. The molecule has 1 aromatic heterocycles. The molecule has 2 aliphatic rings. The molecule has 1 saturated heterocycles. The predicted molar refractivity (Wildman–Crippen MR) is 82.9 cm³/mol. The summed E-state index contributed by atoms with van der Waals surface area (Å²) in [6.07, 6.45) is 5.47. The quantitative estimate of drug-likeness (QED) is 0.874. The van der Waals surface area contributed by atoms with Crippen LogP contribution < -0.4 is 5.73 Å². The molecule has 120 valence electrons. The molecule has 0 saturated carbocycles. The van der Waals surface area contributed by atoms with Crippen LogP contribution >= 0.6 is 12.4 Å². The summed E-state index contributed by atoms with van der Waals surface area (Å²) in [5.41, 5.74) is 5.96. The summed E-state index contributed by atoms with van der Waals surface area (Å²) in [6, 6.07) is 0.0941. The first-order chi connectivity index (χ1) is 9.48. The summed E-state index contributed by atoms with van der Waals surface area (Å²) in [7, 11) is -3.47. The monoisotopic (exact) mass is 334 g/mol. The molecule has 0 aromatic carbocycles. The van der Waals surface area contributed by atoms with Crippen molar-refractivity contribution >= 4 is 22.4 Å². The SMILES string of the molecule is CC1CN(S(=O)(=O)c2cn3c(n2)CCCC3)CCC1N.Cl. The van der Waals surface area contributed by atoms with Crippen molar-refractivity contribution in [3.63, 3.8) is 0 Å². The third-order valence-corrected chi connectivity index (χ3v) is 6.16. The third-order valence-electron chi connectivity index (χ3n) is 4.43. The Hall–Kier alpha value is -0.630. The smallest absolute Gasteiger partial charge is 0.262 e. The number of nitrogens with two attached hydrogens (primary N) is 1. The molecular formula is C13H23ClN4O2S. The van der Waals surface area contributed by atoms with Crippen LogP contribution in [-0.2, 0) is 23.0 Å². The highest BCUT2D eigenvalue weighted by molar-refractivity contribution is 7.89. The van der Waals surface area contributed by atoms with Gasteiger partial charge in [-0.1, -0.05) is 6.92 Å². The Bertz CT molecular complexity index is 578. The number of hydrogen-bond acceptors (Lipinski definition) is 4. The lowest BCUT2D eigenvalue weighted by Gasteiger charge is -2.33. The fourth-order valence-electron chi connectivity index (χ4n) is 2.99. The van der Waals surface area contributed by atoms with Crippen LogP contribution in [0.1, 0.15) is 32.0 Å². The van der Waals surface area contributed by atoms with Crippen molar-refractivity contribution in [3.8, 4) is 0 Å². The summed E-state index contributed by atoms with van der Waals surface area (Å²) < 4.78 is 28.9. The van der Waals surface area contributed by atoms with Crippen molar-refractivity contribution in [2.45, 2.75) is 50.2 Å². The minimum absolute atomic E-state index is 0. The van der Waals surface area contributed by atoms with Gasteiger partial charge in [-0.25, -0.2) is 13.4 Å². The summed E-state index contributed by atoms with van der Waals surface area (Å²) in [5, 5.41) is 0.206. The van der Waals surface area contributed by atoms with Gasteiger partial charge in [-0.15, -0.1) is 12.4 Å². The lowest BCUT2D eigenvalue weighted by atomic mass is 9.96. The van der Waals surface area contributed by atoms with Crippen LogP contribution in [0.4, 0.5) is 0 Å². The van der Waals surface area contributed by atoms with E-state index in [9.17, 15) is 8.42 Å².